The van der Waals surface area contributed by atoms with Crippen molar-refractivity contribution in [3.8, 4) is 17.0 Å². The number of carbonyl (C=O) groups excluding carboxylic acids is 1. The number of fused-ring (bicyclic) bond motifs is 3. The van der Waals surface area contributed by atoms with Crippen molar-refractivity contribution >= 4 is 5.97 Å². The molecule has 3 rings (SSSR count). The number of benzene rings is 1. The number of aromatic nitrogens is 1. The minimum atomic E-state index is -0.332. The molecule has 1 aromatic carbocycles. The number of methoxy groups -OCH3 is 1. The van der Waals surface area contributed by atoms with Crippen LogP contribution in [0.4, 0.5) is 0 Å². The zero-order chi connectivity index (χ0) is 13.6. The molecule has 1 aliphatic heterocycles. The summed E-state index contributed by atoms with van der Waals surface area (Å²) in [7, 11) is 3.27. The summed E-state index contributed by atoms with van der Waals surface area (Å²) in [6.07, 6.45) is -0.0745. The number of rotatable bonds is 1. The smallest absolute Gasteiger partial charge is 0.354 e. The van der Waals surface area contributed by atoms with E-state index in [9.17, 15) is 4.79 Å². The molecular formula is C15H15NO3. The molecule has 1 unspecified atom stereocenters. The van der Waals surface area contributed by atoms with Gasteiger partial charge in [-0.2, -0.15) is 0 Å². The van der Waals surface area contributed by atoms with E-state index in [2.05, 4.69) is 0 Å². The molecule has 0 saturated heterocycles. The third-order valence-corrected chi connectivity index (χ3v) is 3.54. The van der Waals surface area contributed by atoms with Gasteiger partial charge in [0.1, 0.15) is 17.5 Å². The Balaban J connectivity index is 2.26. The van der Waals surface area contributed by atoms with Gasteiger partial charge in [0.2, 0.25) is 0 Å². The van der Waals surface area contributed by atoms with E-state index in [-0.39, 0.29) is 12.1 Å². The van der Waals surface area contributed by atoms with Crippen LogP contribution in [0, 0.1) is 0 Å². The molecule has 2 heterocycles. The average molecular weight is 257 g/mol. The second-order valence-electron chi connectivity index (χ2n) is 4.64. The molecule has 0 bridgehead atoms. The number of ether oxygens (including phenoxy) is 2. The lowest BCUT2D eigenvalue weighted by atomic mass is 10.0. The standard InChI is InChI=1S/C15H15NO3/c1-9-11-8-12(15(17)18-3)16(2)14(11)10-6-4-5-7-13(10)19-9/h4-9H,1-3H3. The topological polar surface area (TPSA) is 40.5 Å². The van der Waals surface area contributed by atoms with Crippen LogP contribution in [0.1, 0.15) is 29.1 Å². The van der Waals surface area contributed by atoms with Crippen LogP contribution >= 0.6 is 0 Å². The largest absolute Gasteiger partial charge is 0.485 e. The van der Waals surface area contributed by atoms with Crippen LogP contribution < -0.4 is 4.74 Å². The molecule has 0 fully saturated rings. The Kier molecular flexibility index (Phi) is 2.59. The molecule has 4 nitrogen and oxygen atoms in total. The quantitative estimate of drug-likeness (QED) is 0.737. The molecule has 0 saturated carbocycles. The number of para-hydroxylation sites is 1. The third-order valence-electron chi connectivity index (χ3n) is 3.54. The maximum absolute atomic E-state index is 11.8. The lowest BCUT2D eigenvalue weighted by molar-refractivity contribution is 0.0590. The first kappa shape index (κ1) is 11.8. The summed E-state index contributed by atoms with van der Waals surface area (Å²) in [5.41, 5.74) is 3.59. The van der Waals surface area contributed by atoms with Gasteiger partial charge in [-0.3, -0.25) is 0 Å². The van der Waals surface area contributed by atoms with E-state index >= 15 is 0 Å². The first-order chi connectivity index (χ1) is 9.13. The van der Waals surface area contributed by atoms with Gasteiger partial charge in [-0.05, 0) is 25.1 Å². The van der Waals surface area contributed by atoms with Crippen LogP contribution in [0.3, 0.4) is 0 Å². The van der Waals surface area contributed by atoms with Gasteiger partial charge >= 0.3 is 5.97 Å². The summed E-state index contributed by atoms with van der Waals surface area (Å²) in [5.74, 6) is 0.515. The number of esters is 1. The fourth-order valence-corrected chi connectivity index (χ4v) is 2.59. The van der Waals surface area contributed by atoms with E-state index in [1.54, 1.807) is 0 Å². The summed E-state index contributed by atoms with van der Waals surface area (Å²) in [6, 6.07) is 9.70. The molecule has 2 aromatic rings. The van der Waals surface area contributed by atoms with Crippen LogP contribution in [-0.4, -0.2) is 17.6 Å². The average Bonchev–Trinajstić information content (AvgIpc) is 2.77. The van der Waals surface area contributed by atoms with Crippen LogP contribution in [0.2, 0.25) is 0 Å². The minimum absolute atomic E-state index is 0.0745. The SMILES string of the molecule is COC(=O)c1cc2c(n1C)-c1ccccc1OC2C. The van der Waals surface area contributed by atoms with E-state index in [1.807, 2.05) is 48.9 Å². The minimum Gasteiger partial charge on any atom is -0.485 e. The fourth-order valence-electron chi connectivity index (χ4n) is 2.59. The van der Waals surface area contributed by atoms with Gasteiger partial charge in [-0.1, -0.05) is 12.1 Å². The molecule has 0 N–H and O–H groups in total. The van der Waals surface area contributed by atoms with Gasteiger partial charge in [-0.15, -0.1) is 0 Å². The zero-order valence-corrected chi connectivity index (χ0v) is 11.1. The van der Waals surface area contributed by atoms with Gasteiger partial charge in [0.15, 0.2) is 0 Å². The van der Waals surface area contributed by atoms with E-state index in [0.717, 1.165) is 22.6 Å². The highest BCUT2D eigenvalue weighted by atomic mass is 16.5. The molecule has 0 radical (unpaired) electrons. The van der Waals surface area contributed by atoms with Crippen LogP contribution in [0.25, 0.3) is 11.3 Å². The summed E-state index contributed by atoms with van der Waals surface area (Å²) in [6.45, 7) is 1.98. The van der Waals surface area contributed by atoms with Crippen molar-refractivity contribution in [3.63, 3.8) is 0 Å². The number of hydrogen-bond acceptors (Lipinski definition) is 3. The van der Waals surface area contributed by atoms with Gasteiger partial charge in [-0.25, -0.2) is 4.79 Å². The van der Waals surface area contributed by atoms with E-state index in [1.165, 1.54) is 7.11 Å². The molecule has 98 valence electrons. The molecule has 4 heteroatoms. The molecular weight excluding hydrogens is 242 g/mol. The number of carbonyl (C=O) groups is 1. The summed E-state index contributed by atoms with van der Waals surface area (Å²) in [5, 5.41) is 0. The first-order valence-electron chi connectivity index (χ1n) is 6.17. The highest BCUT2D eigenvalue weighted by Crippen LogP contribution is 2.43. The Morgan fingerprint density at radius 1 is 1.37 bits per heavy atom. The van der Waals surface area contributed by atoms with Crippen molar-refractivity contribution in [2.75, 3.05) is 7.11 Å². The highest BCUT2D eigenvalue weighted by molar-refractivity contribution is 5.90. The second kappa shape index (κ2) is 4.16. The van der Waals surface area contributed by atoms with Crippen molar-refractivity contribution in [1.29, 1.82) is 0 Å². The summed E-state index contributed by atoms with van der Waals surface area (Å²) in [4.78, 5) is 11.8. The molecule has 1 aromatic heterocycles. The predicted molar refractivity (Wildman–Crippen MR) is 71.2 cm³/mol. The predicted octanol–water partition coefficient (Wildman–Crippen LogP) is 2.93. The molecule has 0 spiro atoms. The van der Waals surface area contributed by atoms with Gasteiger partial charge in [0.05, 0.1) is 12.8 Å². The number of nitrogens with zero attached hydrogens (tertiary/aromatic N) is 1. The van der Waals surface area contributed by atoms with Crippen molar-refractivity contribution in [2.45, 2.75) is 13.0 Å². The van der Waals surface area contributed by atoms with E-state index in [4.69, 9.17) is 9.47 Å². The van der Waals surface area contributed by atoms with Gasteiger partial charge < -0.3 is 14.0 Å². The van der Waals surface area contributed by atoms with Crippen molar-refractivity contribution < 1.29 is 14.3 Å². The van der Waals surface area contributed by atoms with E-state index < -0.39 is 0 Å². The molecule has 0 amide bonds. The Hall–Kier alpha value is -2.23. The fraction of sp³-hybridized carbons (Fsp3) is 0.267. The lowest BCUT2D eigenvalue weighted by Gasteiger charge is -2.24. The van der Waals surface area contributed by atoms with E-state index in [0.29, 0.717) is 5.69 Å². The Bertz CT molecular complexity index is 657. The van der Waals surface area contributed by atoms with Gasteiger partial charge in [0.25, 0.3) is 0 Å². The molecule has 1 atom stereocenters. The summed E-state index contributed by atoms with van der Waals surface area (Å²) < 4.78 is 12.6. The Labute approximate surface area is 111 Å². The van der Waals surface area contributed by atoms with Crippen molar-refractivity contribution in [2.24, 2.45) is 7.05 Å². The van der Waals surface area contributed by atoms with Crippen molar-refractivity contribution in [1.82, 2.24) is 4.57 Å². The van der Waals surface area contributed by atoms with Crippen LogP contribution in [0.5, 0.6) is 5.75 Å². The lowest BCUT2D eigenvalue weighted by Crippen LogP contribution is -2.12. The van der Waals surface area contributed by atoms with Gasteiger partial charge in [0, 0.05) is 18.2 Å². The second-order valence-corrected chi connectivity index (χ2v) is 4.64. The summed E-state index contributed by atoms with van der Waals surface area (Å²) >= 11 is 0. The van der Waals surface area contributed by atoms with Crippen molar-refractivity contribution in [3.05, 3.63) is 41.6 Å². The molecule has 0 aliphatic carbocycles. The highest BCUT2D eigenvalue weighted by Gasteiger charge is 2.29. The molecule has 1 aliphatic rings. The first-order valence-corrected chi connectivity index (χ1v) is 6.17. The normalized spacial score (nSPS) is 16.3. The number of hydrogen-bond donors (Lipinski definition) is 0. The zero-order valence-electron chi connectivity index (χ0n) is 11.1. The molecule has 19 heavy (non-hydrogen) atoms. The Morgan fingerprint density at radius 2 is 2.11 bits per heavy atom. The monoisotopic (exact) mass is 257 g/mol. The Morgan fingerprint density at radius 3 is 2.84 bits per heavy atom. The van der Waals surface area contributed by atoms with Crippen LogP contribution in [-0.2, 0) is 11.8 Å². The maximum Gasteiger partial charge on any atom is 0.354 e. The van der Waals surface area contributed by atoms with Crippen LogP contribution in [0.15, 0.2) is 30.3 Å². The third kappa shape index (κ3) is 1.63. The maximum atomic E-state index is 11.8.